The highest BCUT2D eigenvalue weighted by atomic mass is 16.5. The lowest BCUT2D eigenvalue weighted by molar-refractivity contribution is -0.125. The number of ether oxygens (including phenoxy) is 1. The number of carbonyl (C=O) groups excluding carboxylic acids is 1. The first-order valence-electron chi connectivity index (χ1n) is 5.22. The summed E-state index contributed by atoms with van der Waals surface area (Å²) in [6.45, 7) is 3.52. The zero-order valence-electron chi connectivity index (χ0n) is 10.2. The van der Waals surface area contributed by atoms with Gasteiger partial charge >= 0.3 is 0 Å². The molecule has 0 radical (unpaired) electrons. The van der Waals surface area contributed by atoms with Crippen molar-refractivity contribution >= 4 is 5.91 Å². The van der Waals surface area contributed by atoms with E-state index in [2.05, 4.69) is 10.0 Å². The molecule has 1 amide bonds. The molecule has 0 fully saturated rings. The van der Waals surface area contributed by atoms with Gasteiger partial charge in [-0.25, -0.2) is 0 Å². The van der Waals surface area contributed by atoms with Crippen LogP contribution >= 0.6 is 0 Å². The molecule has 0 atom stereocenters. The number of nitrogens with zero attached hydrogens (tertiary/aromatic N) is 3. The standard InChI is InChI=1S/C12H15N3O2/c1-12(2,11(16)14-15-13)8-9-4-6-10(17-3)7-5-9/h4-7H,8H2,1-3H3. The number of hydrogen-bond acceptors (Lipinski definition) is 2. The molecule has 0 N–H and O–H groups in total. The molecule has 90 valence electrons. The van der Waals surface area contributed by atoms with Gasteiger partial charge in [0, 0.05) is 10.3 Å². The molecular formula is C12H15N3O2. The highest BCUT2D eigenvalue weighted by Gasteiger charge is 2.26. The van der Waals surface area contributed by atoms with E-state index in [1.807, 2.05) is 24.3 Å². The van der Waals surface area contributed by atoms with Gasteiger partial charge in [-0.2, -0.15) is 0 Å². The Morgan fingerprint density at radius 1 is 1.41 bits per heavy atom. The zero-order valence-corrected chi connectivity index (χ0v) is 10.2. The van der Waals surface area contributed by atoms with Gasteiger partial charge in [0.2, 0.25) is 5.91 Å². The topological polar surface area (TPSA) is 75.1 Å². The Morgan fingerprint density at radius 2 is 2.00 bits per heavy atom. The molecule has 0 aliphatic heterocycles. The lowest BCUT2D eigenvalue weighted by Crippen LogP contribution is -2.24. The fourth-order valence-corrected chi connectivity index (χ4v) is 1.51. The molecule has 0 unspecified atom stereocenters. The van der Waals surface area contributed by atoms with Crippen LogP contribution in [0.5, 0.6) is 5.75 Å². The van der Waals surface area contributed by atoms with Gasteiger partial charge in [0.05, 0.1) is 7.11 Å². The maximum atomic E-state index is 11.5. The Balaban J connectivity index is 2.82. The van der Waals surface area contributed by atoms with E-state index in [0.717, 1.165) is 11.3 Å². The number of amides is 1. The Bertz CT molecular complexity index is 445. The van der Waals surface area contributed by atoms with E-state index < -0.39 is 11.3 Å². The summed E-state index contributed by atoms with van der Waals surface area (Å²) in [6, 6.07) is 7.46. The average Bonchev–Trinajstić information content (AvgIpc) is 2.30. The van der Waals surface area contributed by atoms with E-state index >= 15 is 0 Å². The van der Waals surface area contributed by atoms with Crippen LogP contribution in [0.25, 0.3) is 10.4 Å². The molecule has 1 aromatic carbocycles. The number of azide groups is 1. The molecule has 0 bridgehead atoms. The van der Waals surface area contributed by atoms with Crippen molar-refractivity contribution in [2.75, 3.05) is 7.11 Å². The van der Waals surface area contributed by atoms with Gasteiger partial charge in [0.25, 0.3) is 0 Å². The van der Waals surface area contributed by atoms with Gasteiger partial charge in [-0.15, -0.1) is 0 Å². The van der Waals surface area contributed by atoms with Gasteiger partial charge in [-0.1, -0.05) is 26.0 Å². The lowest BCUT2D eigenvalue weighted by atomic mass is 9.85. The maximum absolute atomic E-state index is 11.5. The summed E-state index contributed by atoms with van der Waals surface area (Å²) < 4.78 is 5.05. The van der Waals surface area contributed by atoms with E-state index in [1.165, 1.54) is 0 Å². The molecule has 1 aromatic rings. The summed E-state index contributed by atoms with van der Waals surface area (Å²) in [5.74, 6) is 0.323. The predicted molar refractivity (Wildman–Crippen MR) is 64.6 cm³/mol. The quantitative estimate of drug-likeness (QED) is 0.455. The first-order valence-corrected chi connectivity index (χ1v) is 5.22. The zero-order chi connectivity index (χ0) is 12.9. The minimum absolute atomic E-state index is 0.448. The van der Waals surface area contributed by atoms with E-state index in [4.69, 9.17) is 10.3 Å². The third-order valence-corrected chi connectivity index (χ3v) is 2.52. The molecule has 0 saturated carbocycles. The van der Waals surface area contributed by atoms with Gasteiger partial charge in [-0.05, 0) is 34.8 Å². The minimum Gasteiger partial charge on any atom is -0.497 e. The van der Waals surface area contributed by atoms with Crippen molar-refractivity contribution in [1.82, 2.24) is 0 Å². The van der Waals surface area contributed by atoms with E-state index in [9.17, 15) is 4.79 Å². The number of benzene rings is 1. The van der Waals surface area contributed by atoms with Crippen LogP contribution in [0.3, 0.4) is 0 Å². The minimum atomic E-state index is -0.694. The van der Waals surface area contributed by atoms with Crippen LogP contribution in [-0.4, -0.2) is 13.0 Å². The first-order chi connectivity index (χ1) is 7.99. The Hall–Kier alpha value is -2.00. The fourth-order valence-electron chi connectivity index (χ4n) is 1.51. The molecule has 5 nitrogen and oxygen atoms in total. The summed E-state index contributed by atoms with van der Waals surface area (Å²) in [5, 5.41) is 3.14. The second-order valence-electron chi connectivity index (χ2n) is 4.40. The number of rotatable bonds is 4. The predicted octanol–water partition coefficient (Wildman–Crippen LogP) is 3.10. The van der Waals surface area contributed by atoms with Crippen LogP contribution < -0.4 is 4.74 Å². The van der Waals surface area contributed by atoms with Gasteiger partial charge in [0.1, 0.15) is 5.75 Å². The van der Waals surface area contributed by atoms with Crippen LogP contribution in [0.15, 0.2) is 29.4 Å². The van der Waals surface area contributed by atoms with Crippen molar-refractivity contribution in [2.45, 2.75) is 20.3 Å². The second kappa shape index (κ2) is 5.37. The lowest BCUT2D eigenvalue weighted by Gasteiger charge is -2.20. The summed E-state index contributed by atoms with van der Waals surface area (Å²) in [4.78, 5) is 14.1. The highest BCUT2D eigenvalue weighted by molar-refractivity contribution is 5.82. The Morgan fingerprint density at radius 3 is 2.47 bits per heavy atom. The second-order valence-corrected chi connectivity index (χ2v) is 4.40. The highest BCUT2D eigenvalue weighted by Crippen LogP contribution is 2.24. The van der Waals surface area contributed by atoms with E-state index in [0.29, 0.717) is 6.42 Å². The van der Waals surface area contributed by atoms with Gasteiger partial charge < -0.3 is 4.74 Å². The third kappa shape index (κ3) is 3.50. The van der Waals surface area contributed by atoms with Crippen LogP contribution in [0.4, 0.5) is 0 Å². The summed E-state index contributed by atoms with van der Waals surface area (Å²) in [7, 11) is 1.60. The molecular weight excluding hydrogens is 218 g/mol. The third-order valence-electron chi connectivity index (χ3n) is 2.52. The molecule has 0 heterocycles. The number of hydrogen-bond donors (Lipinski definition) is 0. The largest absolute Gasteiger partial charge is 0.497 e. The SMILES string of the molecule is COc1ccc(CC(C)(C)C(=O)N=[N+]=[N-])cc1. The van der Waals surface area contributed by atoms with Crippen LogP contribution in [-0.2, 0) is 11.2 Å². The fraction of sp³-hybridized carbons (Fsp3) is 0.417. The molecule has 0 aliphatic carbocycles. The molecule has 17 heavy (non-hydrogen) atoms. The van der Waals surface area contributed by atoms with E-state index in [1.54, 1.807) is 21.0 Å². The molecule has 0 spiro atoms. The van der Waals surface area contributed by atoms with Crippen molar-refractivity contribution in [2.24, 2.45) is 10.5 Å². The van der Waals surface area contributed by atoms with Crippen LogP contribution in [0.2, 0.25) is 0 Å². The monoisotopic (exact) mass is 233 g/mol. The van der Waals surface area contributed by atoms with Gasteiger partial charge in [0.15, 0.2) is 0 Å². The summed E-state index contributed by atoms with van der Waals surface area (Å²) >= 11 is 0. The molecule has 1 rings (SSSR count). The maximum Gasteiger partial charge on any atom is 0.224 e. The smallest absolute Gasteiger partial charge is 0.224 e. The Labute approximate surface area is 100 Å². The van der Waals surface area contributed by atoms with E-state index in [-0.39, 0.29) is 0 Å². The van der Waals surface area contributed by atoms with Gasteiger partial charge in [-0.3, -0.25) is 4.79 Å². The number of carbonyl (C=O) groups is 1. The van der Waals surface area contributed by atoms with Crippen LogP contribution in [0.1, 0.15) is 19.4 Å². The van der Waals surface area contributed by atoms with Crippen LogP contribution in [0, 0.1) is 5.41 Å². The summed E-state index contributed by atoms with van der Waals surface area (Å²) in [5.41, 5.74) is 8.56. The molecule has 0 saturated heterocycles. The molecule has 5 heteroatoms. The van der Waals surface area contributed by atoms with Crippen molar-refractivity contribution in [1.29, 1.82) is 0 Å². The van der Waals surface area contributed by atoms with Crippen molar-refractivity contribution in [3.05, 3.63) is 40.3 Å². The number of methoxy groups -OCH3 is 1. The van der Waals surface area contributed by atoms with Crippen molar-refractivity contribution in [3.8, 4) is 5.75 Å². The Kier molecular flexibility index (Phi) is 4.12. The first kappa shape index (κ1) is 13.1. The summed E-state index contributed by atoms with van der Waals surface area (Å²) in [6.07, 6.45) is 0.523. The normalized spacial score (nSPS) is 10.5. The van der Waals surface area contributed by atoms with Crippen molar-refractivity contribution in [3.63, 3.8) is 0 Å². The molecule has 0 aliphatic rings. The van der Waals surface area contributed by atoms with Crippen molar-refractivity contribution < 1.29 is 9.53 Å². The average molecular weight is 233 g/mol. The molecule has 0 aromatic heterocycles.